The summed E-state index contributed by atoms with van der Waals surface area (Å²) in [6, 6.07) is 6.91. The minimum atomic E-state index is -1.04. The molecule has 0 fully saturated rings. The number of ether oxygens (including phenoxy) is 1. The van der Waals surface area contributed by atoms with Gasteiger partial charge in [0, 0.05) is 6.54 Å². The first-order chi connectivity index (χ1) is 11.9. The molecule has 0 bridgehead atoms. The Kier molecular flexibility index (Phi) is 5.89. The molecule has 1 amide bonds. The molecule has 0 saturated heterocycles. The molecule has 132 valence electrons. The third-order valence-electron chi connectivity index (χ3n) is 3.68. The van der Waals surface area contributed by atoms with E-state index in [-0.39, 0.29) is 5.56 Å². The summed E-state index contributed by atoms with van der Waals surface area (Å²) in [5, 5.41) is 17.4. The van der Waals surface area contributed by atoms with Gasteiger partial charge in [-0.05, 0) is 43.5 Å². The highest BCUT2D eigenvalue weighted by molar-refractivity contribution is 5.95. The number of hydrogen-bond donors (Lipinski definition) is 3. The zero-order valence-corrected chi connectivity index (χ0v) is 14.0. The van der Waals surface area contributed by atoms with Crippen LogP contribution in [0.5, 0.6) is 5.75 Å². The minimum absolute atomic E-state index is 0.0740. The molecule has 1 aromatic carbocycles. The first-order valence-electron chi connectivity index (χ1n) is 7.66. The van der Waals surface area contributed by atoms with Gasteiger partial charge in [-0.15, -0.1) is 0 Å². The van der Waals surface area contributed by atoms with Crippen molar-refractivity contribution in [1.29, 1.82) is 0 Å². The topological polar surface area (TPSA) is 121 Å². The van der Waals surface area contributed by atoms with E-state index < -0.39 is 24.0 Å². The van der Waals surface area contributed by atoms with E-state index in [1.54, 1.807) is 38.1 Å². The first-order valence-corrected chi connectivity index (χ1v) is 7.66. The number of amides is 1. The maximum atomic E-state index is 12.2. The quantitative estimate of drug-likeness (QED) is 0.683. The number of aromatic amines is 1. The Morgan fingerprint density at radius 3 is 2.56 bits per heavy atom. The second kappa shape index (κ2) is 8.09. The largest absolute Gasteiger partial charge is 0.482 e. The maximum Gasteiger partial charge on any atom is 0.341 e. The molecule has 0 aliphatic carbocycles. The van der Waals surface area contributed by atoms with Crippen LogP contribution >= 0.6 is 0 Å². The average Bonchev–Trinajstić information content (AvgIpc) is 2.58. The van der Waals surface area contributed by atoms with E-state index in [4.69, 9.17) is 9.84 Å². The van der Waals surface area contributed by atoms with Crippen molar-refractivity contribution in [3.63, 3.8) is 0 Å². The van der Waals surface area contributed by atoms with Crippen LogP contribution in [0.1, 0.15) is 27.2 Å². The molecular weight excluding hydrogens is 326 g/mol. The van der Waals surface area contributed by atoms with Gasteiger partial charge in [-0.25, -0.2) is 9.89 Å². The Balaban J connectivity index is 1.90. The van der Waals surface area contributed by atoms with Crippen molar-refractivity contribution in [1.82, 2.24) is 15.5 Å². The summed E-state index contributed by atoms with van der Waals surface area (Å²) in [6.07, 6.45) is 0.561. The van der Waals surface area contributed by atoms with Crippen molar-refractivity contribution in [3.8, 4) is 5.75 Å². The number of carboxylic acids is 1. The number of H-pyrrole nitrogens is 1. The number of nitrogens with one attached hydrogen (secondary N) is 2. The second-order valence-corrected chi connectivity index (χ2v) is 5.47. The Morgan fingerprint density at radius 2 is 1.92 bits per heavy atom. The van der Waals surface area contributed by atoms with Gasteiger partial charge in [0.25, 0.3) is 11.5 Å². The highest BCUT2D eigenvalue weighted by atomic mass is 16.5. The lowest BCUT2D eigenvalue weighted by Gasteiger charge is -2.08. The Morgan fingerprint density at radius 1 is 1.24 bits per heavy atom. The van der Waals surface area contributed by atoms with Crippen molar-refractivity contribution < 1.29 is 19.4 Å². The van der Waals surface area contributed by atoms with Gasteiger partial charge in [-0.3, -0.25) is 9.59 Å². The summed E-state index contributed by atoms with van der Waals surface area (Å²) in [5.41, 5.74) is 1.66. The lowest BCUT2D eigenvalue weighted by Crippen LogP contribution is -2.33. The van der Waals surface area contributed by atoms with Gasteiger partial charge in [-0.2, -0.15) is 5.10 Å². The van der Waals surface area contributed by atoms with Gasteiger partial charge in [0.15, 0.2) is 6.61 Å². The average molecular weight is 345 g/mol. The van der Waals surface area contributed by atoms with Crippen LogP contribution in [0.4, 0.5) is 0 Å². The molecule has 3 N–H and O–H groups in total. The van der Waals surface area contributed by atoms with Crippen LogP contribution in [0.15, 0.2) is 29.1 Å². The molecule has 0 radical (unpaired) electrons. The number of aryl methyl sites for hydroxylation is 1. The second-order valence-electron chi connectivity index (χ2n) is 5.47. The number of hydrogen-bond acceptors (Lipinski definition) is 5. The molecule has 0 aliphatic heterocycles. The van der Waals surface area contributed by atoms with Gasteiger partial charge in [0.1, 0.15) is 11.3 Å². The lowest BCUT2D eigenvalue weighted by molar-refractivity contribution is -0.139. The number of nitrogens with zero attached hydrogens (tertiary/aromatic N) is 1. The molecule has 2 aromatic rings. The van der Waals surface area contributed by atoms with Crippen LogP contribution in [0, 0.1) is 13.8 Å². The number of benzene rings is 1. The summed E-state index contributed by atoms with van der Waals surface area (Å²) in [7, 11) is 0. The number of aliphatic carboxylic acids is 1. The third-order valence-corrected chi connectivity index (χ3v) is 3.68. The third kappa shape index (κ3) is 4.90. The summed E-state index contributed by atoms with van der Waals surface area (Å²) in [6.45, 7) is 3.36. The van der Waals surface area contributed by atoms with E-state index in [2.05, 4.69) is 15.5 Å². The standard InChI is InChI=1S/C17H19N3O5/c1-10-11(2)19-20-17(24)15(10)16(23)18-8-7-12-3-5-13(6-4-12)25-9-14(21)22/h3-6H,7-9H2,1-2H3,(H,18,23)(H,20,24)(H,21,22). The fourth-order valence-electron chi connectivity index (χ4n) is 2.21. The van der Waals surface area contributed by atoms with Gasteiger partial charge in [0.2, 0.25) is 0 Å². The van der Waals surface area contributed by atoms with Gasteiger partial charge in [0.05, 0.1) is 5.69 Å². The van der Waals surface area contributed by atoms with Crippen LogP contribution in [-0.2, 0) is 11.2 Å². The highest BCUT2D eigenvalue weighted by Crippen LogP contribution is 2.12. The molecule has 0 unspecified atom stereocenters. The summed E-state index contributed by atoms with van der Waals surface area (Å²) in [5.74, 6) is -1.02. The summed E-state index contributed by atoms with van der Waals surface area (Å²) < 4.78 is 5.05. The van der Waals surface area contributed by atoms with Crippen molar-refractivity contribution in [2.24, 2.45) is 0 Å². The molecule has 8 nitrogen and oxygen atoms in total. The molecule has 1 aromatic heterocycles. The fraction of sp³-hybridized carbons (Fsp3) is 0.294. The highest BCUT2D eigenvalue weighted by Gasteiger charge is 2.15. The molecule has 0 saturated carbocycles. The maximum absolute atomic E-state index is 12.2. The molecule has 25 heavy (non-hydrogen) atoms. The van der Waals surface area contributed by atoms with Crippen LogP contribution in [0.2, 0.25) is 0 Å². The van der Waals surface area contributed by atoms with Crippen molar-refractivity contribution in [3.05, 3.63) is 57.0 Å². The molecule has 1 heterocycles. The summed E-state index contributed by atoms with van der Waals surface area (Å²) >= 11 is 0. The Hall–Kier alpha value is -3.16. The number of rotatable bonds is 7. The van der Waals surface area contributed by atoms with E-state index in [1.165, 1.54) is 0 Å². The molecule has 0 atom stereocenters. The van der Waals surface area contributed by atoms with Crippen LogP contribution < -0.4 is 15.6 Å². The number of carbonyl (C=O) groups is 2. The van der Waals surface area contributed by atoms with Gasteiger partial charge < -0.3 is 15.2 Å². The lowest BCUT2D eigenvalue weighted by atomic mass is 10.1. The normalized spacial score (nSPS) is 10.3. The van der Waals surface area contributed by atoms with E-state index in [0.717, 1.165) is 5.56 Å². The molecular formula is C17H19N3O5. The monoisotopic (exact) mass is 345 g/mol. The zero-order chi connectivity index (χ0) is 18.4. The van der Waals surface area contributed by atoms with E-state index >= 15 is 0 Å². The number of carboxylic acid groups (broad SMARTS) is 1. The Labute approximate surface area is 143 Å². The van der Waals surface area contributed by atoms with Crippen LogP contribution in [-0.4, -0.2) is 40.3 Å². The zero-order valence-electron chi connectivity index (χ0n) is 14.0. The predicted molar refractivity (Wildman–Crippen MR) is 89.9 cm³/mol. The molecule has 0 spiro atoms. The molecule has 0 aliphatic rings. The number of carbonyl (C=O) groups excluding carboxylic acids is 1. The van der Waals surface area contributed by atoms with Gasteiger partial charge >= 0.3 is 5.97 Å². The number of aromatic nitrogens is 2. The van der Waals surface area contributed by atoms with E-state index in [0.29, 0.717) is 30.0 Å². The SMILES string of the molecule is Cc1n[nH]c(=O)c(C(=O)NCCc2ccc(OCC(=O)O)cc2)c1C. The summed E-state index contributed by atoms with van der Waals surface area (Å²) in [4.78, 5) is 34.4. The minimum Gasteiger partial charge on any atom is -0.482 e. The van der Waals surface area contributed by atoms with Crippen molar-refractivity contribution in [2.45, 2.75) is 20.3 Å². The van der Waals surface area contributed by atoms with E-state index in [9.17, 15) is 14.4 Å². The predicted octanol–water partition coefficient (Wildman–Crippen LogP) is 0.823. The fourth-order valence-corrected chi connectivity index (χ4v) is 2.21. The molecule has 8 heteroatoms. The Bertz CT molecular complexity index is 827. The van der Waals surface area contributed by atoms with Crippen molar-refractivity contribution >= 4 is 11.9 Å². The van der Waals surface area contributed by atoms with Crippen LogP contribution in [0.25, 0.3) is 0 Å². The van der Waals surface area contributed by atoms with Crippen molar-refractivity contribution in [2.75, 3.05) is 13.2 Å². The van der Waals surface area contributed by atoms with Gasteiger partial charge in [-0.1, -0.05) is 12.1 Å². The van der Waals surface area contributed by atoms with E-state index in [1.807, 2.05) is 0 Å². The molecule has 2 rings (SSSR count). The van der Waals surface area contributed by atoms with Crippen LogP contribution in [0.3, 0.4) is 0 Å². The smallest absolute Gasteiger partial charge is 0.341 e. The first kappa shape index (κ1) is 18.2.